The van der Waals surface area contributed by atoms with Crippen LogP contribution < -0.4 is 0 Å². The van der Waals surface area contributed by atoms with Gasteiger partial charge in [-0.05, 0) is 64.0 Å². The first-order chi connectivity index (χ1) is 13.0. The molecule has 3 aliphatic heterocycles. The predicted molar refractivity (Wildman–Crippen MR) is 100 cm³/mol. The van der Waals surface area contributed by atoms with Gasteiger partial charge < -0.3 is 19.6 Å². The fourth-order valence-corrected chi connectivity index (χ4v) is 5.93. The van der Waals surface area contributed by atoms with Crippen molar-refractivity contribution < 1.29 is 19.0 Å². The molecule has 4 fully saturated rings. The number of amides is 1. The lowest BCUT2D eigenvalue weighted by Gasteiger charge is -2.52. The molecule has 1 N–H and O–H groups in total. The number of alkyl halides is 1. The van der Waals surface area contributed by atoms with Crippen molar-refractivity contribution in [2.24, 2.45) is 5.41 Å². The first-order valence-corrected chi connectivity index (χ1v) is 10.7. The van der Waals surface area contributed by atoms with Crippen molar-refractivity contribution in [3.63, 3.8) is 0 Å². The number of nitrogens with zero attached hydrogens (tertiary/aromatic N) is 3. The molecule has 0 radical (unpaired) electrons. The van der Waals surface area contributed by atoms with Gasteiger partial charge in [0, 0.05) is 37.8 Å². The van der Waals surface area contributed by atoms with E-state index in [9.17, 15) is 14.3 Å². The van der Waals surface area contributed by atoms with Crippen LogP contribution in [0.3, 0.4) is 0 Å². The second kappa shape index (κ2) is 7.84. The second-order valence-electron chi connectivity index (χ2n) is 9.07. The van der Waals surface area contributed by atoms with E-state index < -0.39 is 6.17 Å². The first-order valence-electron chi connectivity index (χ1n) is 10.7. The van der Waals surface area contributed by atoms with Crippen LogP contribution in [0.25, 0.3) is 0 Å². The monoisotopic (exact) mass is 383 g/mol. The Kier molecular flexibility index (Phi) is 5.63. The van der Waals surface area contributed by atoms with E-state index in [0.29, 0.717) is 37.1 Å². The Hall–Kier alpha value is -0.920. The number of rotatable bonds is 4. The van der Waals surface area contributed by atoms with Gasteiger partial charge in [0.05, 0.1) is 13.2 Å². The lowest BCUT2D eigenvalue weighted by atomic mass is 9.64. The summed E-state index contributed by atoms with van der Waals surface area (Å²) in [6.07, 6.45) is 5.15. The molecule has 27 heavy (non-hydrogen) atoms. The molecule has 0 aromatic carbocycles. The summed E-state index contributed by atoms with van der Waals surface area (Å²) in [6.45, 7) is 6.67. The minimum Gasteiger partial charge on any atom is -0.450 e. The highest BCUT2D eigenvalue weighted by atomic mass is 19.1. The lowest BCUT2D eigenvalue weighted by molar-refractivity contribution is -0.0196. The Balaban J connectivity index is 1.22. The van der Waals surface area contributed by atoms with Crippen LogP contribution >= 0.6 is 0 Å². The Morgan fingerprint density at radius 1 is 1.22 bits per heavy atom. The number of hydrogen-bond donors (Lipinski definition) is 1. The van der Waals surface area contributed by atoms with Crippen LogP contribution in [0.15, 0.2) is 0 Å². The van der Waals surface area contributed by atoms with Crippen molar-refractivity contribution in [2.45, 2.75) is 69.7 Å². The average Bonchev–Trinajstić information content (AvgIpc) is 3.25. The zero-order valence-electron chi connectivity index (χ0n) is 16.5. The summed E-state index contributed by atoms with van der Waals surface area (Å²) in [4.78, 5) is 18.6. The third-order valence-electron chi connectivity index (χ3n) is 7.40. The Morgan fingerprint density at radius 3 is 2.63 bits per heavy atom. The molecule has 3 heterocycles. The number of aliphatic hydroxyl groups is 1. The van der Waals surface area contributed by atoms with Crippen LogP contribution in [0.1, 0.15) is 45.4 Å². The molecule has 0 aromatic heterocycles. The average molecular weight is 384 g/mol. The number of ether oxygens (including phenoxy) is 1. The van der Waals surface area contributed by atoms with Crippen LogP contribution in [0.2, 0.25) is 0 Å². The smallest absolute Gasteiger partial charge is 0.409 e. The Morgan fingerprint density at radius 2 is 1.96 bits per heavy atom. The standard InChI is InChI=1S/C20H34FN3O3/c1-2-27-19(26)23-8-5-20(14-23)10-18(11-20)22-6-3-16(4-7-22)24-12-15(21)9-17(24)13-25/h15-18,25H,2-14H2,1H3. The minimum atomic E-state index is -0.781. The van der Waals surface area contributed by atoms with Crippen LogP contribution in [-0.4, -0.2) is 96.1 Å². The van der Waals surface area contributed by atoms with Gasteiger partial charge in [0.2, 0.25) is 0 Å². The van der Waals surface area contributed by atoms with Gasteiger partial charge in [-0.3, -0.25) is 4.90 Å². The molecule has 6 nitrogen and oxygen atoms in total. The van der Waals surface area contributed by atoms with Gasteiger partial charge >= 0.3 is 6.09 Å². The highest BCUT2D eigenvalue weighted by Gasteiger charge is 2.51. The van der Waals surface area contributed by atoms with Crippen molar-refractivity contribution in [3.8, 4) is 0 Å². The topological polar surface area (TPSA) is 56.2 Å². The van der Waals surface area contributed by atoms with E-state index in [2.05, 4.69) is 9.80 Å². The Labute approximate surface area is 161 Å². The maximum absolute atomic E-state index is 13.7. The van der Waals surface area contributed by atoms with Crippen molar-refractivity contribution in [2.75, 3.05) is 45.9 Å². The number of likely N-dealkylation sites (tertiary alicyclic amines) is 3. The summed E-state index contributed by atoms with van der Waals surface area (Å²) < 4.78 is 18.9. The van der Waals surface area contributed by atoms with Crippen molar-refractivity contribution >= 4 is 6.09 Å². The number of hydrogen-bond acceptors (Lipinski definition) is 5. The largest absolute Gasteiger partial charge is 0.450 e. The number of aliphatic hydroxyl groups excluding tert-OH is 1. The SMILES string of the molecule is CCOC(=O)N1CCC2(CC(N3CCC(N4CC(F)CC4CO)CC3)C2)C1. The molecule has 1 amide bonds. The van der Waals surface area contributed by atoms with Gasteiger partial charge in [0.25, 0.3) is 0 Å². The van der Waals surface area contributed by atoms with Crippen LogP contribution in [0, 0.1) is 5.41 Å². The van der Waals surface area contributed by atoms with Crippen LogP contribution in [0.4, 0.5) is 9.18 Å². The van der Waals surface area contributed by atoms with Crippen LogP contribution in [-0.2, 0) is 4.74 Å². The van der Waals surface area contributed by atoms with Gasteiger partial charge in [-0.1, -0.05) is 0 Å². The summed E-state index contributed by atoms with van der Waals surface area (Å²) in [5.74, 6) is 0. The molecular weight excluding hydrogens is 349 g/mol. The normalized spacial score (nSPS) is 38.5. The summed E-state index contributed by atoms with van der Waals surface area (Å²) in [5.41, 5.74) is 0.312. The van der Waals surface area contributed by atoms with Gasteiger partial charge in [0.1, 0.15) is 6.17 Å². The van der Waals surface area contributed by atoms with E-state index in [-0.39, 0.29) is 18.7 Å². The molecule has 2 unspecified atom stereocenters. The molecule has 7 heteroatoms. The molecular formula is C20H34FN3O3. The van der Waals surface area contributed by atoms with Crippen molar-refractivity contribution in [3.05, 3.63) is 0 Å². The van der Waals surface area contributed by atoms with Crippen molar-refractivity contribution in [1.29, 1.82) is 0 Å². The van der Waals surface area contributed by atoms with E-state index in [1.165, 1.54) is 12.8 Å². The van der Waals surface area contributed by atoms with E-state index in [4.69, 9.17) is 4.74 Å². The van der Waals surface area contributed by atoms with Gasteiger partial charge in [-0.25, -0.2) is 9.18 Å². The maximum atomic E-state index is 13.7. The van der Waals surface area contributed by atoms with E-state index in [1.807, 2.05) is 11.8 Å². The van der Waals surface area contributed by atoms with E-state index >= 15 is 0 Å². The molecule has 3 saturated heterocycles. The number of carbonyl (C=O) groups is 1. The molecule has 1 spiro atoms. The molecule has 0 bridgehead atoms. The molecule has 154 valence electrons. The molecule has 0 aromatic rings. The second-order valence-corrected chi connectivity index (χ2v) is 9.07. The van der Waals surface area contributed by atoms with E-state index in [1.54, 1.807) is 0 Å². The highest BCUT2D eigenvalue weighted by molar-refractivity contribution is 5.68. The van der Waals surface area contributed by atoms with Gasteiger partial charge in [-0.15, -0.1) is 0 Å². The molecule has 2 atom stereocenters. The Bertz CT molecular complexity index is 535. The summed E-state index contributed by atoms with van der Waals surface area (Å²) in [7, 11) is 0. The van der Waals surface area contributed by atoms with Gasteiger partial charge in [-0.2, -0.15) is 0 Å². The minimum absolute atomic E-state index is 0.0101. The van der Waals surface area contributed by atoms with E-state index in [0.717, 1.165) is 45.4 Å². The highest BCUT2D eigenvalue weighted by Crippen LogP contribution is 2.50. The number of piperidine rings is 1. The number of carbonyl (C=O) groups excluding carboxylic acids is 1. The first kappa shape index (κ1) is 19.4. The molecule has 4 rings (SSSR count). The molecule has 1 aliphatic carbocycles. The zero-order chi connectivity index (χ0) is 19.0. The van der Waals surface area contributed by atoms with Gasteiger partial charge in [0.15, 0.2) is 0 Å². The lowest BCUT2D eigenvalue weighted by Crippen LogP contribution is -2.56. The maximum Gasteiger partial charge on any atom is 0.409 e. The fraction of sp³-hybridized carbons (Fsp3) is 0.950. The summed E-state index contributed by atoms with van der Waals surface area (Å²) >= 11 is 0. The fourth-order valence-electron chi connectivity index (χ4n) is 5.93. The molecule has 1 saturated carbocycles. The third-order valence-corrected chi connectivity index (χ3v) is 7.40. The predicted octanol–water partition coefficient (Wildman–Crippen LogP) is 1.87. The van der Waals surface area contributed by atoms with Crippen molar-refractivity contribution in [1.82, 2.24) is 14.7 Å². The van der Waals surface area contributed by atoms with Crippen LogP contribution in [0.5, 0.6) is 0 Å². The quantitative estimate of drug-likeness (QED) is 0.803. The number of halogens is 1. The summed E-state index contributed by atoms with van der Waals surface area (Å²) in [6, 6.07) is 1.06. The summed E-state index contributed by atoms with van der Waals surface area (Å²) in [5, 5.41) is 9.53. The third kappa shape index (κ3) is 3.83. The zero-order valence-corrected chi connectivity index (χ0v) is 16.5. The molecule has 4 aliphatic rings.